The molecule has 5 rings (SSSR count). The summed E-state index contributed by atoms with van der Waals surface area (Å²) < 4.78 is 0. The first-order valence-electron chi connectivity index (χ1n) is 30.3. The highest BCUT2D eigenvalue weighted by molar-refractivity contribution is 4.79. The molecule has 69 heavy (non-hydrogen) atoms. The number of rotatable bonds is 19. The van der Waals surface area contributed by atoms with Gasteiger partial charge in [-0.15, -0.1) is 0 Å². The van der Waals surface area contributed by atoms with Gasteiger partial charge in [0.05, 0.1) is 0 Å². The SMILES string of the molecule is CC(C)CC1CCN(C(C)C)CC1.CC(C)CCC1CCN(C(C)C)CC1.CC(C)CCCN1CCN(C(C)C)CC1.CC(C)CCN1CCN(C(C)C)CC1.CC(C)CN1CCN(C(C)C)CC1. The quantitative estimate of drug-likeness (QED) is 0.126. The van der Waals surface area contributed by atoms with Crippen molar-refractivity contribution in [2.75, 3.05) is 124 Å². The average molecular weight is 976 g/mol. The van der Waals surface area contributed by atoms with Gasteiger partial charge in [0.1, 0.15) is 0 Å². The fourth-order valence-corrected chi connectivity index (χ4v) is 10.8. The summed E-state index contributed by atoms with van der Waals surface area (Å²) in [7, 11) is 0. The Balaban J connectivity index is 0.000000432. The van der Waals surface area contributed by atoms with Gasteiger partial charge >= 0.3 is 0 Å². The molecule has 0 bridgehead atoms. The molecule has 0 aliphatic carbocycles. The zero-order chi connectivity index (χ0) is 52.1. The van der Waals surface area contributed by atoms with Gasteiger partial charge in [-0.05, 0) is 201 Å². The van der Waals surface area contributed by atoms with E-state index in [0.29, 0.717) is 0 Å². The van der Waals surface area contributed by atoms with E-state index in [4.69, 9.17) is 0 Å². The molecule has 0 atom stereocenters. The molecule has 5 saturated heterocycles. The Morgan fingerprint density at radius 3 is 0.928 bits per heavy atom. The van der Waals surface area contributed by atoms with Gasteiger partial charge in [0.2, 0.25) is 0 Å². The largest absolute Gasteiger partial charge is 0.301 e. The molecule has 0 unspecified atom stereocenters. The van der Waals surface area contributed by atoms with E-state index in [1.807, 2.05) is 0 Å². The zero-order valence-corrected chi connectivity index (χ0v) is 51.0. The topological polar surface area (TPSA) is 25.9 Å². The number of likely N-dealkylation sites (tertiary alicyclic amines) is 2. The van der Waals surface area contributed by atoms with Crippen LogP contribution in [0, 0.1) is 41.4 Å². The first-order chi connectivity index (χ1) is 32.5. The maximum absolute atomic E-state index is 2.63. The molecule has 8 nitrogen and oxygen atoms in total. The summed E-state index contributed by atoms with van der Waals surface area (Å²) in [5, 5.41) is 0. The molecule has 5 aliphatic rings. The third-order valence-electron chi connectivity index (χ3n) is 16.0. The van der Waals surface area contributed by atoms with E-state index >= 15 is 0 Å². The van der Waals surface area contributed by atoms with Crippen molar-refractivity contribution >= 4 is 0 Å². The van der Waals surface area contributed by atoms with Crippen LogP contribution in [0.2, 0.25) is 0 Å². The molecule has 0 aromatic carbocycles. The second-order valence-corrected chi connectivity index (χ2v) is 26.2. The normalized spacial score (nSPS) is 21.1. The van der Waals surface area contributed by atoms with E-state index in [0.717, 1.165) is 71.6 Å². The molecule has 0 spiro atoms. The van der Waals surface area contributed by atoms with E-state index in [1.54, 1.807) is 0 Å². The second kappa shape index (κ2) is 38.3. The molecule has 5 fully saturated rings. The Labute approximate surface area is 436 Å². The van der Waals surface area contributed by atoms with Crippen LogP contribution in [0.1, 0.15) is 203 Å². The maximum atomic E-state index is 2.63. The highest BCUT2D eigenvalue weighted by Crippen LogP contribution is 2.26. The number of hydrogen-bond acceptors (Lipinski definition) is 8. The zero-order valence-electron chi connectivity index (χ0n) is 51.0. The fourth-order valence-electron chi connectivity index (χ4n) is 10.8. The molecule has 0 radical (unpaired) electrons. The number of piperazine rings is 3. The van der Waals surface area contributed by atoms with Gasteiger partial charge in [0.15, 0.2) is 0 Å². The molecule has 0 aromatic heterocycles. The van der Waals surface area contributed by atoms with E-state index < -0.39 is 0 Å². The van der Waals surface area contributed by atoms with Crippen LogP contribution in [-0.4, -0.2) is 194 Å². The first kappa shape index (κ1) is 66.7. The summed E-state index contributed by atoms with van der Waals surface area (Å²) in [6, 6.07) is 3.67. The predicted octanol–water partition coefficient (Wildman–Crippen LogP) is 12.9. The lowest BCUT2D eigenvalue weighted by Gasteiger charge is -2.37. The Morgan fingerprint density at radius 1 is 0.290 bits per heavy atom. The molecule has 0 N–H and O–H groups in total. The van der Waals surface area contributed by atoms with Crippen molar-refractivity contribution in [3.63, 3.8) is 0 Å². The smallest absolute Gasteiger partial charge is 0.0113 e. The molecule has 5 heterocycles. The summed E-state index contributed by atoms with van der Waals surface area (Å²) in [4.78, 5) is 20.8. The van der Waals surface area contributed by atoms with Crippen LogP contribution in [-0.2, 0) is 0 Å². The lowest BCUT2D eigenvalue weighted by molar-refractivity contribution is 0.100. The lowest BCUT2D eigenvalue weighted by atomic mass is 9.88. The van der Waals surface area contributed by atoms with E-state index in [1.165, 1.54) is 189 Å². The van der Waals surface area contributed by atoms with Crippen molar-refractivity contribution in [1.29, 1.82) is 0 Å². The summed E-state index contributed by atoms with van der Waals surface area (Å²) in [5.41, 5.74) is 0. The highest BCUT2D eigenvalue weighted by atomic mass is 15.3. The van der Waals surface area contributed by atoms with Crippen LogP contribution in [0.4, 0.5) is 0 Å². The molecule has 5 aliphatic heterocycles. The summed E-state index contributed by atoms with van der Waals surface area (Å²) in [6.07, 6.45) is 14.1. The summed E-state index contributed by atoms with van der Waals surface area (Å²) >= 11 is 0. The van der Waals surface area contributed by atoms with E-state index in [9.17, 15) is 0 Å². The van der Waals surface area contributed by atoms with Crippen LogP contribution in [0.15, 0.2) is 0 Å². The molecular weight excluding hydrogens is 845 g/mol. The van der Waals surface area contributed by atoms with Crippen molar-refractivity contribution in [3.8, 4) is 0 Å². The minimum atomic E-state index is 0.723. The van der Waals surface area contributed by atoms with Crippen LogP contribution in [0.25, 0.3) is 0 Å². The third-order valence-corrected chi connectivity index (χ3v) is 16.0. The summed E-state index contributed by atoms with van der Waals surface area (Å²) in [6.45, 7) is 70.6. The van der Waals surface area contributed by atoms with Crippen LogP contribution in [0.5, 0.6) is 0 Å². The number of hydrogen-bond donors (Lipinski definition) is 0. The van der Waals surface area contributed by atoms with E-state index in [-0.39, 0.29) is 0 Å². The monoisotopic (exact) mass is 975 g/mol. The van der Waals surface area contributed by atoms with Gasteiger partial charge in [-0.2, -0.15) is 0 Å². The number of piperidine rings is 2. The Bertz CT molecular complexity index is 1060. The van der Waals surface area contributed by atoms with Gasteiger partial charge in [0.25, 0.3) is 0 Å². The lowest BCUT2D eigenvalue weighted by Crippen LogP contribution is -2.49. The minimum absolute atomic E-state index is 0.723. The minimum Gasteiger partial charge on any atom is -0.301 e. The Kier molecular flexibility index (Phi) is 37.0. The molecule has 0 saturated carbocycles. The maximum Gasteiger partial charge on any atom is 0.0113 e. The third kappa shape index (κ3) is 33.3. The predicted molar refractivity (Wildman–Crippen MR) is 310 cm³/mol. The molecule has 414 valence electrons. The van der Waals surface area contributed by atoms with Crippen LogP contribution in [0.3, 0.4) is 0 Å². The van der Waals surface area contributed by atoms with Crippen molar-refractivity contribution in [2.45, 2.75) is 233 Å². The van der Waals surface area contributed by atoms with Crippen molar-refractivity contribution in [1.82, 2.24) is 39.2 Å². The van der Waals surface area contributed by atoms with Gasteiger partial charge in [0, 0.05) is 115 Å². The second-order valence-electron chi connectivity index (χ2n) is 26.2. The molecular formula is C61H130N8. The van der Waals surface area contributed by atoms with Gasteiger partial charge in [-0.1, -0.05) is 82.1 Å². The van der Waals surface area contributed by atoms with Gasteiger partial charge in [-0.3, -0.25) is 14.7 Å². The Morgan fingerprint density at radius 2 is 0.609 bits per heavy atom. The highest BCUT2D eigenvalue weighted by Gasteiger charge is 2.24. The first-order valence-corrected chi connectivity index (χ1v) is 30.3. The van der Waals surface area contributed by atoms with Crippen LogP contribution < -0.4 is 0 Å². The molecule has 0 amide bonds. The standard InChI is InChI=1S/C13H28N2.C13H27N.C12H26N2.C12H25N.C11H24N2/c1-12(2)6-5-7-14-8-10-15(11-9-14)13(3)4;2*1-11(2)5-6-13-7-9-14(10-8-13)12(3)4;2*1-10(2)9-12-5-7-13(8-6-12)11(3)4/h12-13H,5-11H2,1-4H3;11-13H,5-10H2,1-4H3;11-12H,5-10H2,1-4H3;10-12H,5-9H2,1-4H3;10-11H,5-9H2,1-4H3. The van der Waals surface area contributed by atoms with Crippen molar-refractivity contribution in [3.05, 3.63) is 0 Å². The Hall–Kier alpha value is -0.320. The van der Waals surface area contributed by atoms with Crippen molar-refractivity contribution in [2.24, 2.45) is 41.4 Å². The fraction of sp³-hybridized carbons (Fsp3) is 1.00. The average Bonchev–Trinajstić information content (AvgIpc) is 3.29. The summed E-state index contributed by atoms with van der Waals surface area (Å²) in [5.74, 6) is 6.32. The number of nitrogens with zero attached hydrogens (tertiary/aromatic N) is 8. The van der Waals surface area contributed by atoms with Gasteiger partial charge in [-0.25, -0.2) is 0 Å². The van der Waals surface area contributed by atoms with Crippen molar-refractivity contribution < 1.29 is 0 Å². The van der Waals surface area contributed by atoms with Crippen LogP contribution >= 0.6 is 0 Å². The molecule has 0 aromatic rings. The molecule has 8 heteroatoms. The van der Waals surface area contributed by atoms with Gasteiger partial charge < -0.3 is 24.5 Å². The van der Waals surface area contributed by atoms with E-state index in [2.05, 4.69) is 178 Å².